The predicted octanol–water partition coefficient (Wildman–Crippen LogP) is 4.29. The van der Waals surface area contributed by atoms with Crippen molar-refractivity contribution in [3.8, 4) is 0 Å². The number of benzene rings is 2. The number of carbonyl (C=O) groups excluding carboxylic acids is 1. The lowest BCUT2D eigenvalue weighted by Gasteiger charge is -2.10. The summed E-state index contributed by atoms with van der Waals surface area (Å²) in [7, 11) is 1.52. The van der Waals surface area contributed by atoms with Crippen LogP contribution < -0.4 is 10.9 Å². The van der Waals surface area contributed by atoms with Crippen molar-refractivity contribution in [1.82, 2.24) is 20.5 Å². The highest BCUT2D eigenvalue weighted by molar-refractivity contribution is 6.30. The number of nitrogens with zero attached hydrogens (tertiary/aromatic N) is 1. The molecule has 2 aromatic carbocycles. The molecule has 186 valence electrons. The lowest BCUT2D eigenvalue weighted by molar-refractivity contribution is 0.0944. The maximum Gasteiger partial charge on any atom is 0.272 e. The van der Waals surface area contributed by atoms with E-state index in [0.29, 0.717) is 29.7 Å². The summed E-state index contributed by atoms with van der Waals surface area (Å²) in [5.41, 5.74) is 3.38. The number of aromatic nitrogens is 3. The number of hydrogen-bond acceptors (Lipinski definition) is 4. The third-order valence-electron chi connectivity index (χ3n) is 5.72. The molecule has 4 aromatic rings. The van der Waals surface area contributed by atoms with Gasteiger partial charge in [-0.2, -0.15) is 5.10 Å². The molecule has 2 aromatic heterocycles. The zero-order valence-corrected chi connectivity index (χ0v) is 20.1. The molecule has 1 amide bonds. The number of pyridine rings is 1. The number of methoxy groups -OCH3 is 1. The lowest BCUT2D eigenvalue weighted by atomic mass is 9.99. The van der Waals surface area contributed by atoms with E-state index >= 15 is 0 Å². The number of ether oxygens (including phenoxy) is 1. The van der Waals surface area contributed by atoms with Crippen LogP contribution in [0.5, 0.6) is 0 Å². The third kappa shape index (κ3) is 5.69. The highest BCUT2D eigenvalue weighted by Gasteiger charge is 2.21. The van der Waals surface area contributed by atoms with Gasteiger partial charge in [0.1, 0.15) is 11.6 Å². The number of carbonyl (C=O) groups is 1. The minimum absolute atomic E-state index is 0.102. The molecular weight excluding hydrogens is 490 g/mol. The fraction of sp³-hybridized carbons (Fsp3) is 0.192. The van der Waals surface area contributed by atoms with Gasteiger partial charge in [0.15, 0.2) is 5.69 Å². The molecule has 0 fully saturated rings. The fourth-order valence-corrected chi connectivity index (χ4v) is 4.00. The van der Waals surface area contributed by atoms with Crippen LogP contribution in [0.15, 0.2) is 59.5 Å². The molecule has 0 aliphatic rings. The second-order valence-corrected chi connectivity index (χ2v) is 8.57. The number of hydrogen-bond donors (Lipinski definition) is 3. The maximum atomic E-state index is 14.2. The van der Waals surface area contributed by atoms with E-state index in [2.05, 4.69) is 20.5 Å². The molecule has 0 unspecified atom stereocenters. The van der Waals surface area contributed by atoms with E-state index < -0.39 is 24.1 Å². The number of halogens is 3. The number of rotatable bonds is 9. The van der Waals surface area contributed by atoms with E-state index in [4.69, 9.17) is 16.3 Å². The Balaban J connectivity index is 1.51. The quantitative estimate of drug-likeness (QED) is 0.291. The molecule has 0 saturated heterocycles. The van der Waals surface area contributed by atoms with Gasteiger partial charge in [-0.15, -0.1) is 0 Å². The Hall–Kier alpha value is -3.82. The molecule has 7 nitrogen and oxygen atoms in total. The first-order valence-corrected chi connectivity index (χ1v) is 11.4. The average molecular weight is 513 g/mol. The standard InChI is InChI=1S/C26H23ClF2N4O3/c1-36-14-22-18(12-16-6-4-15(5-7-16)11-17-3-2-10-30-25(17)34)24(33-32-22)26(35)31-13-19-21(28)9-8-20(27)23(19)29/h2-10H,11-14H2,1H3,(H,30,34)(H,31,35)(H,32,33). The minimum Gasteiger partial charge on any atom is -0.378 e. The van der Waals surface area contributed by atoms with Gasteiger partial charge < -0.3 is 15.0 Å². The van der Waals surface area contributed by atoms with Crippen LogP contribution >= 0.6 is 11.6 Å². The maximum absolute atomic E-state index is 14.2. The number of aromatic amines is 2. The zero-order chi connectivity index (χ0) is 25.7. The molecule has 36 heavy (non-hydrogen) atoms. The predicted molar refractivity (Wildman–Crippen MR) is 131 cm³/mol. The molecule has 0 saturated carbocycles. The molecule has 2 heterocycles. The van der Waals surface area contributed by atoms with Gasteiger partial charge in [0.25, 0.3) is 11.5 Å². The topological polar surface area (TPSA) is 99.9 Å². The Labute approximate surface area is 210 Å². The molecule has 0 bridgehead atoms. The van der Waals surface area contributed by atoms with Gasteiger partial charge in [-0.05, 0) is 29.3 Å². The van der Waals surface area contributed by atoms with Crippen molar-refractivity contribution in [2.75, 3.05) is 7.11 Å². The Bertz CT molecular complexity index is 1430. The van der Waals surface area contributed by atoms with E-state index in [1.807, 2.05) is 24.3 Å². The summed E-state index contributed by atoms with van der Waals surface area (Å²) in [6, 6.07) is 13.4. The number of nitrogens with one attached hydrogen (secondary N) is 3. The fourth-order valence-electron chi connectivity index (χ4n) is 3.82. The normalized spacial score (nSPS) is 11.0. The summed E-state index contributed by atoms with van der Waals surface area (Å²) in [6.45, 7) is -0.196. The van der Waals surface area contributed by atoms with E-state index in [9.17, 15) is 18.4 Å². The van der Waals surface area contributed by atoms with Crippen LogP contribution in [0.1, 0.15) is 44.0 Å². The van der Waals surface area contributed by atoms with Crippen molar-refractivity contribution < 1.29 is 18.3 Å². The molecule has 0 spiro atoms. The molecule has 3 N–H and O–H groups in total. The monoisotopic (exact) mass is 512 g/mol. The Morgan fingerprint density at radius 1 is 1.06 bits per heavy atom. The Morgan fingerprint density at radius 2 is 1.78 bits per heavy atom. The smallest absolute Gasteiger partial charge is 0.272 e. The first-order chi connectivity index (χ1) is 17.4. The molecule has 0 radical (unpaired) electrons. The van der Waals surface area contributed by atoms with Crippen LogP contribution in [0.25, 0.3) is 0 Å². The van der Waals surface area contributed by atoms with Gasteiger partial charge in [-0.25, -0.2) is 8.78 Å². The summed E-state index contributed by atoms with van der Waals surface area (Å²) in [5, 5.41) is 9.21. The first-order valence-electron chi connectivity index (χ1n) is 11.1. The summed E-state index contributed by atoms with van der Waals surface area (Å²) in [5.74, 6) is -2.32. The second kappa shape index (κ2) is 11.3. The van der Waals surface area contributed by atoms with Crippen LogP contribution in [-0.4, -0.2) is 28.2 Å². The average Bonchev–Trinajstić information content (AvgIpc) is 3.26. The van der Waals surface area contributed by atoms with Crippen molar-refractivity contribution >= 4 is 17.5 Å². The van der Waals surface area contributed by atoms with Gasteiger partial charge >= 0.3 is 0 Å². The summed E-state index contributed by atoms with van der Waals surface area (Å²) < 4.78 is 33.5. The van der Waals surface area contributed by atoms with Crippen LogP contribution in [-0.2, 0) is 30.7 Å². The number of amides is 1. The number of H-pyrrole nitrogens is 2. The van der Waals surface area contributed by atoms with E-state index in [1.165, 1.54) is 7.11 Å². The molecular formula is C26H23ClF2N4O3. The highest BCUT2D eigenvalue weighted by Crippen LogP contribution is 2.22. The van der Waals surface area contributed by atoms with Crippen molar-refractivity contribution in [3.63, 3.8) is 0 Å². The second-order valence-electron chi connectivity index (χ2n) is 8.16. The highest BCUT2D eigenvalue weighted by atomic mass is 35.5. The zero-order valence-electron chi connectivity index (χ0n) is 19.3. The van der Waals surface area contributed by atoms with Crippen LogP contribution in [0.3, 0.4) is 0 Å². The first kappa shape index (κ1) is 25.3. The van der Waals surface area contributed by atoms with Gasteiger partial charge in [0.2, 0.25) is 0 Å². The van der Waals surface area contributed by atoms with Gasteiger partial charge in [0, 0.05) is 49.4 Å². The van der Waals surface area contributed by atoms with E-state index in [0.717, 1.165) is 23.3 Å². The van der Waals surface area contributed by atoms with Crippen molar-refractivity contribution in [2.24, 2.45) is 0 Å². The van der Waals surface area contributed by atoms with Crippen LogP contribution in [0.4, 0.5) is 8.78 Å². The lowest BCUT2D eigenvalue weighted by Crippen LogP contribution is -2.25. The van der Waals surface area contributed by atoms with E-state index in [-0.39, 0.29) is 28.4 Å². The summed E-state index contributed by atoms with van der Waals surface area (Å²) in [4.78, 5) is 27.5. The van der Waals surface area contributed by atoms with Gasteiger partial charge in [-0.3, -0.25) is 14.7 Å². The van der Waals surface area contributed by atoms with Gasteiger partial charge in [-0.1, -0.05) is 41.9 Å². The van der Waals surface area contributed by atoms with Crippen LogP contribution in [0.2, 0.25) is 5.02 Å². The third-order valence-corrected chi connectivity index (χ3v) is 6.01. The summed E-state index contributed by atoms with van der Waals surface area (Å²) >= 11 is 5.73. The van der Waals surface area contributed by atoms with E-state index in [1.54, 1.807) is 18.3 Å². The van der Waals surface area contributed by atoms with Crippen molar-refractivity contribution in [1.29, 1.82) is 0 Å². The molecule has 0 atom stereocenters. The van der Waals surface area contributed by atoms with Crippen molar-refractivity contribution in [2.45, 2.75) is 26.0 Å². The van der Waals surface area contributed by atoms with Gasteiger partial charge in [0.05, 0.1) is 17.3 Å². The molecule has 0 aliphatic carbocycles. The molecule has 10 heteroatoms. The SMILES string of the molecule is COCc1[nH]nc(C(=O)NCc2c(F)ccc(Cl)c2F)c1Cc1ccc(Cc2ccc[nH]c2=O)cc1. The molecule has 0 aliphatic heterocycles. The van der Waals surface area contributed by atoms with Crippen molar-refractivity contribution in [3.05, 3.63) is 121 Å². The van der Waals surface area contributed by atoms with Crippen LogP contribution in [0, 0.1) is 11.6 Å². The minimum atomic E-state index is -0.920. The Morgan fingerprint density at radius 3 is 2.47 bits per heavy atom. The summed E-state index contributed by atoms with van der Waals surface area (Å²) in [6.07, 6.45) is 2.44. The Kier molecular flexibility index (Phi) is 7.92. The largest absolute Gasteiger partial charge is 0.378 e. The molecule has 4 rings (SSSR count).